The maximum Gasteiger partial charge on any atom is 0.308 e. The van der Waals surface area contributed by atoms with Crippen molar-refractivity contribution in [3.8, 4) is 11.3 Å². The highest BCUT2D eigenvalue weighted by atomic mass is 32.2. The van der Waals surface area contributed by atoms with Crippen LogP contribution in [0.25, 0.3) is 17.3 Å². The first-order valence-corrected chi connectivity index (χ1v) is 14.1. The summed E-state index contributed by atoms with van der Waals surface area (Å²) in [6, 6.07) is 6.33. The molecule has 38 heavy (non-hydrogen) atoms. The van der Waals surface area contributed by atoms with Gasteiger partial charge in [-0.1, -0.05) is 37.9 Å². The standard InChI is InChI=1S/C29H40FN3O4S/c1-18(2)25-23(26(19-10-12-20(30)13-11-19)32-27(31-25)33(8)38-9)15-14-21-16-22(36-29(6,7)35-21)17-24(34)37-28(3,4)5/h10-15,18,21-22H,16-17H2,1-9H3/b15-14+. The Morgan fingerprint density at radius 3 is 2.47 bits per heavy atom. The molecule has 0 N–H and O–H groups in total. The van der Waals surface area contributed by atoms with Crippen molar-refractivity contribution in [1.82, 2.24) is 9.97 Å². The molecule has 0 amide bonds. The van der Waals surface area contributed by atoms with Crippen LogP contribution < -0.4 is 4.31 Å². The average molecular weight is 546 g/mol. The topological polar surface area (TPSA) is 73.8 Å². The van der Waals surface area contributed by atoms with Crippen LogP contribution in [0, 0.1) is 5.82 Å². The zero-order valence-corrected chi connectivity index (χ0v) is 24.7. The first kappa shape index (κ1) is 30.1. The Morgan fingerprint density at radius 1 is 1.24 bits per heavy atom. The third-order valence-electron chi connectivity index (χ3n) is 5.86. The van der Waals surface area contributed by atoms with E-state index >= 15 is 0 Å². The first-order valence-electron chi connectivity index (χ1n) is 12.9. The normalized spacial score (nSPS) is 19.7. The minimum Gasteiger partial charge on any atom is -0.460 e. The summed E-state index contributed by atoms with van der Waals surface area (Å²) >= 11 is 1.51. The summed E-state index contributed by atoms with van der Waals surface area (Å²) in [5.41, 5.74) is 2.68. The Kier molecular flexibility index (Phi) is 9.60. The fraction of sp³-hybridized carbons (Fsp3) is 0.552. The second-order valence-corrected chi connectivity index (χ2v) is 12.1. The minimum absolute atomic E-state index is 0.109. The molecule has 1 aliphatic heterocycles. The molecule has 0 aliphatic carbocycles. The molecule has 0 bridgehead atoms. The van der Waals surface area contributed by atoms with Gasteiger partial charge in [0.05, 0.1) is 30.0 Å². The Balaban J connectivity index is 1.98. The number of carbonyl (C=O) groups is 1. The van der Waals surface area contributed by atoms with E-state index in [1.807, 2.05) is 64.4 Å². The van der Waals surface area contributed by atoms with E-state index < -0.39 is 11.4 Å². The number of rotatable bonds is 8. The molecule has 2 atom stereocenters. The van der Waals surface area contributed by atoms with Crippen LogP contribution in [0.5, 0.6) is 0 Å². The molecule has 1 saturated heterocycles. The predicted molar refractivity (Wildman–Crippen MR) is 151 cm³/mol. The molecule has 1 aromatic carbocycles. The van der Waals surface area contributed by atoms with Crippen molar-refractivity contribution < 1.29 is 23.4 Å². The number of hydrogen-bond acceptors (Lipinski definition) is 8. The van der Waals surface area contributed by atoms with E-state index in [2.05, 4.69) is 13.8 Å². The number of halogens is 1. The van der Waals surface area contributed by atoms with Gasteiger partial charge in [0.25, 0.3) is 0 Å². The summed E-state index contributed by atoms with van der Waals surface area (Å²) < 4.78 is 33.4. The van der Waals surface area contributed by atoms with E-state index in [-0.39, 0.29) is 36.3 Å². The van der Waals surface area contributed by atoms with E-state index in [9.17, 15) is 9.18 Å². The van der Waals surface area contributed by atoms with Crippen LogP contribution in [-0.2, 0) is 19.0 Å². The van der Waals surface area contributed by atoms with Gasteiger partial charge in [-0.3, -0.25) is 9.10 Å². The van der Waals surface area contributed by atoms with Gasteiger partial charge in [0, 0.05) is 30.9 Å². The second-order valence-electron chi connectivity index (χ2n) is 11.2. The van der Waals surface area contributed by atoms with Crippen LogP contribution in [0.15, 0.2) is 30.3 Å². The van der Waals surface area contributed by atoms with Gasteiger partial charge in [-0.05, 0) is 64.8 Å². The lowest BCUT2D eigenvalue weighted by Crippen LogP contribution is -2.45. The number of esters is 1. The Hall–Kier alpha value is -2.49. The summed E-state index contributed by atoms with van der Waals surface area (Å²) in [6.07, 6.45) is 5.90. The van der Waals surface area contributed by atoms with Crippen LogP contribution >= 0.6 is 11.9 Å². The SMILES string of the molecule is CSN(C)c1nc(-c2ccc(F)cc2)c(/C=C/C2CC(CC(=O)OC(C)(C)C)OC(C)(C)O2)c(C(C)C)n1. The molecule has 2 heterocycles. The van der Waals surface area contributed by atoms with Crippen LogP contribution in [0.4, 0.5) is 10.3 Å². The third-order valence-corrected chi connectivity index (χ3v) is 6.57. The third kappa shape index (κ3) is 8.25. The van der Waals surface area contributed by atoms with Crippen molar-refractivity contribution >= 4 is 29.9 Å². The lowest BCUT2D eigenvalue weighted by atomic mass is 9.97. The van der Waals surface area contributed by atoms with Crippen molar-refractivity contribution in [2.75, 3.05) is 17.6 Å². The fourth-order valence-corrected chi connectivity index (χ4v) is 4.54. The molecule has 0 spiro atoms. The summed E-state index contributed by atoms with van der Waals surface area (Å²) in [5.74, 6) is -0.789. The van der Waals surface area contributed by atoms with E-state index in [0.29, 0.717) is 18.1 Å². The molecule has 1 aliphatic rings. The minimum atomic E-state index is -0.873. The molecule has 0 saturated carbocycles. The quantitative estimate of drug-likeness (QED) is 0.266. The summed E-state index contributed by atoms with van der Waals surface area (Å²) in [4.78, 5) is 22.2. The largest absolute Gasteiger partial charge is 0.460 e. The number of hydrogen-bond donors (Lipinski definition) is 0. The molecular formula is C29H40FN3O4S. The van der Waals surface area contributed by atoms with Gasteiger partial charge in [0.1, 0.15) is 11.4 Å². The van der Waals surface area contributed by atoms with Crippen molar-refractivity contribution in [3.05, 3.63) is 47.4 Å². The van der Waals surface area contributed by atoms with Crippen LogP contribution in [-0.4, -0.2) is 52.8 Å². The molecule has 2 aromatic rings. The van der Waals surface area contributed by atoms with Crippen LogP contribution in [0.1, 0.15) is 78.5 Å². The first-order chi connectivity index (χ1) is 17.7. The summed E-state index contributed by atoms with van der Waals surface area (Å²) in [5, 5.41) is 0. The Labute approximate surface area is 230 Å². The van der Waals surface area contributed by atoms with Gasteiger partial charge in [0.2, 0.25) is 5.95 Å². The van der Waals surface area contributed by atoms with Crippen molar-refractivity contribution in [2.24, 2.45) is 0 Å². The number of carbonyl (C=O) groups excluding carboxylic acids is 1. The molecule has 7 nitrogen and oxygen atoms in total. The molecule has 1 fully saturated rings. The lowest BCUT2D eigenvalue weighted by Gasteiger charge is -2.39. The van der Waals surface area contributed by atoms with Gasteiger partial charge < -0.3 is 14.2 Å². The fourth-order valence-electron chi connectivity index (χ4n) is 4.29. The zero-order chi connectivity index (χ0) is 28.3. The maximum atomic E-state index is 13.7. The lowest BCUT2D eigenvalue weighted by molar-refractivity contribution is -0.290. The highest BCUT2D eigenvalue weighted by Crippen LogP contribution is 2.34. The zero-order valence-electron chi connectivity index (χ0n) is 23.9. The van der Waals surface area contributed by atoms with Crippen LogP contribution in [0.2, 0.25) is 0 Å². The van der Waals surface area contributed by atoms with Gasteiger partial charge in [0.15, 0.2) is 5.79 Å². The number of nitrogens with zero attached hydrogens (tertiary/aromatic N) is 3. The second kappa shape index (κ2) is 12.1. The Morgan fingerprint density at radius 2 is 1.89 bits per heavy atom. The van der Waals surface area contributed by atoms with Crippen LogP contribution in [0.3, 0.4) is 0 Å². The van der Waals surface area contributed by atoms with Gasteiger partial charge in [-0.25, -0.2) is 14.4 Å². The number of benzene rings is 1. The molecule has 1 aromatic heterocycles. The summed E-state index contributed by atoms with van der Waals surface area (Å²) in [6.45, 7) is 13.4. The number of anilines is 1. The number of ether oxygens (including phenoxy) is 3. The van der Waals surface area contributed by atoms with E-state index in [4.69, 9.17) is 24.2 Å². The highest BCUT2D eigenvalue weighted by Gasteiger charge is 2.36. The smallest absolute Gasteiger partial charge is 0.308 e. The van der Waals surface area contributed by atoms with Gasteiger partial charge in [-0.2, -0.15) is 0 Å². The molecule has 208 valence electrons. The van der Waals surface area contributed by atoms with Gasteiger partial charge in [-0.15, -0.1) is 0 Å². The maximum absolute atomic E-state index is 13.7. The highest BCUT2D eigenvalue weighted by molar-refractivity contribution is 7.99. The predicted octanol–water partition coefficient (Wildman–Crippen LogP) is 6.78. The van der Waals surface area contributed by atoms with Gasteiger partial charge >= 0.3 is 5.97 Å². The molecule has 3 rings (SSSR count). The van der Waals surface area contributed by atoms with Crippen molar-refractivity contribution in [3.63, 3.8) is 0 Å². The van der Waals surface area contributed by atoms with E-state index in [0.717, 1.165) is 16.8 Å². The molecule has 2 unspecified atom stereocenters. The monoisotopic (exact) mass is 545 g/mol. The van der Waals surface area contributed by atoms with Crippen molar-refractivity contribution in [1.29, 1.82) is 0 Å². The van der Waals surface area contributed by atoms with E-state index in [1.54, 1.807) is 12.1 Å². The van der Waals surface area contributed by atoms with Crippen molar-refractivity contribution in [2.45, 2.75) is 90.8 Å². The van der Waals surface area contributed by atoms with E-state index in [1.165, 1.54) is 24.1 Å². The Bertz CT molecular complexity index is 1150. The molecule has 0 radical (unpaired) electrons. The summed E-state index contributed by atoms with van der Waals surface area (Å²) in [7, 11) is 1.91. The average Bonchev–Trinajstić information content (AvgIpc) is 2.79. The molecular weight excluding hydrogens is 505 g/mol. The molecule has 9 heteroatoms. The number of aromatic nitrogens is 2.